The topological polar surface area (TPSA) is 138 Å². The number of hydrogen-bond acceptors (Lipinski definition) is 9. The van der Waals surface area contributed by atoms with Crippen molar-refractivity contribution in [3.63, 3.8) is 0 Å². The summed E-state index contributed by atoms with van der Waals surface area (Å²) in [4.78, 5) is 18.5. The van der Waals surface area contributed by atoms with Gasteiger partial charge in [-0.15, -0.1) is 6.54 Å². The fraction of sp³-hybridized carbons (Fsp3) is 0.833. The molecule has 2 atom stereocenters. The molecule has 0 aromatic carbocycles. The molecule has 4 N–H and O–H groups in total. The van der Waals surface area contributed by atoms with Crippen molar-refractivity contribution in [3.05, 3.63) is 17.6 Å². The molecule has 0 bridgehead atoms. The van der Waals surface area contributed by atoms with E-state index in [1.165, 1.54) is 51.2 Å². The Balaban J connectivity index is 0. The first-order valence-corrected chi connectivity index (χ1v) is 15.4. The van der Waals surface area contributed by atoms with Gasteiger partial charge in [0.2, 0.25) is 0 Å². The number of unbranched alkanes of at least 4 members (excludes halogenated alkanes) is 8. The minimum atomic E-state index is -0.348. The van der Waals surface area contributed by atoms with Gasteiger partial charge >= 0.3 is 5.97 Å². The van der Waals surface area contributed by atoms with Gasteiger partial charge in [0.15, 0.2) is 0 Å². The smallest absolute Gasteiger partial charge is 0.327 e. The number of aliphatic imine (C=N–C) groups is 1. The number of hydrazone groups is 1. The van der Waals surface area contributed by atoms with Crippen LogP contribution < -0.4 is 5.84 Å². The number of ether oxygens (including phenoxy) is 1. The third-order valence-electron chi connectivity index (χ3n) is 6.46. The number of nitrogens with zero attached hydrogens (tertiary/aromatic N) is 5. The van der Waals surface area contributed by atoms with Crippen LogP contribution in [0.3, 0.4) is 0 Å². The summed E-state index contributed by atoms with van der Waals surface area (Å²) in [6, 6.07) is 0. The third kappa shape index (κ3) is 29.0. The van der Waals surface area contributed by atoms with Gasteiger partial charge in [0.1, 0.15) is 12.6 Å². The number of aliphatic hydroxyl groups excluding tert-OH is 1. The van der Waals surface area contributed by atoms with Crippen LogP contribution in [0.25, 0.3) is 5.32 Å². The minimum Gasteiger partial charge on any atom is -0.691 e. The monoisotopic (exact) mass is 656 g/mol. The Hall–Kier alpha value is -0.906. The number of nitrogens with two attached hydrogens (primary N) is 1. The van der Waals surface area contributed by atoms with Crippen LogP contribution in [0.5, 0.6) is 0 Å². The van der Waals surface area contributed by atoms with E-state index in [0.29, 0.717) is 25.2 Å². The molecule has 0 saturated heterocycles. The molecule has 0 aliphatic heterocycles. The standard InChI is InChI=1S/C30H59N6O4.Y/c1-5-7-9-11-12-14-19-29(18-13-10-8-6-2)40-30(38)24-33-23-27(34-31)25-36(39)22-16-21-32-20-15-17-28(37)26-35(3)4;/h16,21,23,28-29,37,39H,5-15,17-20,22,24-26H2,1-4H3,(H2,31,33);/q-1;/b21-16-;. The number of carbonyl (C=O) groups is 1. The zero-order valence-electron chi connectivity index (χ0n) is 26.4. The second-order valence-corrected chi connectivity index (χ2v) is 10.8. The van der Waals surface area contributed by atoms with Crippen molar-refractivity contribution in [2.24, 2.45) is 15.9 Å². The quantitative estimate of drug-likeness (QED) is 0.0360. The zero-order chi connectivity index (χ0) is 29.8. The maximum Gasteiger partial charge on any atom is 0.327 e. The Bertz CT molecular complexity index is 694. The predicted octanol–water partition coefficient (Wildman–Crippen LogP) is 5.28. The third-order valence-corrected chi connectivity index (χ3v) is 6.46. The molecule has 11 heteroatoms. The molecule has 0 rings (SSSR count). The van der Waals surface area contributed by atoms with Crippen LogP contribution in [-0.2, 0) is 42.2 Å². The molecule has 41 heavy (non-hydrogen) atoms. The van der Waals surface area contributed by atoms with Crippen molar-refractivity contribution in [2.75, 3.05) is 46.8 Å². The number of carbonyl (C=O) groups excluding carboxylic acids is 1. The van der Waals surface area contributed by atoms with Crippen LogP contribution in [0, 0.1) is 0 Å². The van der Waals surface area contributed by atoms with Gasteiger partial charge in [0.25, 0.3) is 0 Å². The molecule has 0 aromatic rings. The fourth-order valence-electron chi connectivity index (χ4n) is 4.28. The SMILES string of the molecule is CCCCCCCCC(CCCCCC)OC(=O)CN=C/C(CN(O)C/C=C\[N-]CCCC(O)CN(C)C)=N\N.[Y]. The summed E-state index contributed by atoms with van der Waals surface area (Å²) in [5.74, 6) is 5.10. The van der Waals surface area contributed by atoms with Crippen LogP contribution in [0.2, 0.25) is 0 Å². The van der Waals surface area contributed by atoms with E-state index in [0.717, 1.165) is 43.6 Å². The summed E-state index contributed by atoms with van der Waals surface area (Å²) in [5, 5.41) is 28.9. The van der Waals surface area contributed by atoms with Crippen molar-refractivity contribution in [1.29, 1.82) is 0 Å². The van der Waals surface area contributed by atoms with Gasteiger partial charge < -0.3 is 31.1 Å². The molecule has 0 heterocycles. The van der Waals surface area contributed by atoms with E-state index in [-0.39, 0.29) is 70.5 Å². The normalized spacial score (nSPS) is 13.7. The van der Waals surface area contributed by atoms with E-state index in [1.807, 2.05) is 19.0 Å². The molecule has 0 aliphatic carbocycles. The summed E-state index contributed by atoms with van der Waals surface area (Å²) in [5.41, 5.74) is 0.346. The maximum atomic E-state index is 12.4. The van der Waals surface area contributed by atoms with Crippen molar-refractivity contribution >= 4 is 17.9 Å². The van der Waals surface area contributed by atoms with Gasteiger partial charge in [-0.05, 0) is 46.2 Å². The second-order valence-electron chi connectivity index (χ2n) is 10.8. The van der Waals surface area contributed by atoms with Gasteiger partial charge in [-0.3, -0.25) is 9.79 Å². The first-order valence-electron chi connectivity index (χ1n) is 15.4. The van der Waals surface area contributed by atoms with E-state index in [4.69, 9.17) is 10.6 Å². The maximum absolute atomic E-state index is 12.4. The number of esters is 1. The van der Waals surface area contributed by atoms with Crippen molar-refractivity contribution in [1.82, 2.24) is 9.96 Å². The minimum absolute atomic E-state index is 0. The van der Waals surface area contributed by atoms with Gasteiger partial charge in [-0.25, -0.2) is 0 Å². The number of hydroxylamine groups is 2. The van der Waals surface area contributed by atoms with Crippen molar-refractivity contribution in [2.45, 2.75) is 116 Å². The Morgan fingerprint density at radius 2 is 1.59 bits per heavy atom. The Labute approximate surface area is 275 Å². The van der Waals surface area contributed by atoms with E-state index in [1.54, 1.807) is 12.3 Å². The predicted molar refractivity (Wildman–Crippen MR) is 166 cm³/mol. The first kappa shape index (κ1) is 42.2. The van der Waals surface area contributed by atoms with Crippen LogP contribution in [0.1, 0.15) is 104 Å². The Morgan fingerprint density at radius 3 is 2.20 bits per heavy atom. The van der Waals surface area contributed by atoms with Crippen molar-refractivity contribution < 1.29 is 52.6 Å². The Kier molecular flexibility index (Phi) is 31.5. The number of aliphatic hydroxyl groups is 1. The Morgan fingerprint density at radius 1 is 0.976 bits per heavy atom. The molecule has 0 fully saturated rings. The van der Waals surface area contributed by atoms with E-state index in [9.17, 15) is 15.1 Å². The molecular formula is C30H59N6O4Y-. The summed E-state index contributed by atoms with van der Waals surface area (Å²) in [6.45, 7) is 5.86. The summed E-state index contributed by atoms with van der Waals surface area (Å²) in [6.07, 6.45) is 19.6. The number of rotatable bonds is 27. The first-order chi connectivity index (χ1) is 19.3. The van der Waals surface area contributed by atoms with Gasteiger partial charge in [-0.2, -0.15) is 16.4 Å². The van der Waals surface area contributed by atoms with Gasteiger partial charge in [-0.1, -0.05) is 77.7 Å². The average Bonchev–Trinajstić information content (AvgIpc) is 2.91. The van der Waals surface area contributed by atoms with Gasteiger partial charge in [0.05, 0.1) is 18.4 Å². The van der Waals surface area contributed by atoms with E-state index in [2.05, 4.69) is 29.3 Å². The molecule has 0 saturated carbocycles. The molecule has 10 nitrogen and oxygen atoms in total. The summed E-state index contributed by atoms with van der Waals surface area (Å²) < 4.78 is 5.76. The molecule has 1 radical (unpaired) electrons. The fourth-order valence-corrected chi connectivity index (χ4v) is 4.28. The van der Waals surface area contributed by atoms with Crippen molar-refractivity contribution in [3.8, 4) is 0 Å². The summed E-state index contributed by atoms with van der Waals surface area (Å²) in [7, 11) is 3.86. The zero-order valence-corrected chi connectivity index (χ0v) is 29.3. The van der Waals surface area contributed by atoms with Crippen LogP contribution in [-0.4, -0.2) is 97.2 Å². The molecule has 0 aromatic heterocycles. The molecule has 0 spiro atoms. The second kappa shape index (κ2) is 30.5. The molecule has 0 amide bonds. The molecule has 0 aliphatic rings. The average molecular weight is 657 g/mol. The van der Waals surface area contributed by atoms with E-state index < -0.39 is 0 Å². The van der Waals surface area contributed by atoms with Gasteiger partial charge in [0, 0.05) is 52.0 Å². The van der Waals surface area contributed by atoms with Crippen LogP contribution in [0.4, 0.5) is 0 Å². The molecule has 2 unspecified atom stereocenters. The molecule has 237 valence electrons. The molecular weight excluding hydrogens is 597 g/mol. The number of likely N-dealkylation sites (N-methyl/N-ethyl adjacent to an activating group) is 1. The number of hydrogen-bond donors (Lipinski definition) is 3. The summed E-state index contributed by atoms with van der Waals surface area (Å²) >= 11 is 0. The van der Waals surface area contributed by atoms with Crippen LogP contribution in [0.15, 0.2) is 22.4 Å². The van der Waals surface area contributed by atoms with E-state index >= 15 is 0 Å². The largest absolute Gasteiger partial charge is 0.691 e. The van der Waals surface area contributed by atoms with Crippen LogP contribution >= 0.6 is 0 Å².